The number of benzene rings is 1. The van der Waals surface area contributed by atoms with E-state index in [0.29, 0.717) is 23.7 Å². The average molecular weight is 375 g/mol. The highest BCUT2D eigenvalue weighted by Gasteiger charge is 2.33. The topological polar surface area (TPSA) is 58.4 Å². The second-order valence-electron chi connectivity index (χ2n) is 6.60. The normalized spacial score (nSPS) is 17.7. The van der Waals surface area contributed by atoms with E-state index < -0.39 is 0 Å². The summed E-state index contributed by atoms with van der Waals surface area (Å²) in [6.07, 6.45) is 4.81. The molecule has 1 aromatic carbocycles. The Morgan fingerprint density at radius 3 is 2.81 bits per heavy atom. The smallest absolute Gasteiger partial charge is 0.246 e. The van der Waals surface area contributed by atoms with Gasteiger partial charge in [0.15, 0.2) is 0 Å². The number of hydrogen-bond acceptors (Lipinski definition) is 3. The molecule has 2 aromatic rings. The van der Waals surface area contributed by atoms with E-state index in [1.807, 2.05) is 42.8 Å². The van der Waals surface area contributed by atoms with Crippen molar-refractivity contribution in [2.24, 2.45) is 0 Å². The monoisotopic (exact) mass is 374 g/mol. The highest BCUT2D eigenvalue weighted by molar-refractivity contribution is 6.33. The van der Waals surface area contributed by atoms with Gasteiger partial charge in [-0.25, -0.2) is 4.98 Å². The first-order valence-corrected chi connectivity index (χ1v) is 9.17. The molecule has 7 heteroatoms. The number of carbonyl (C=O) groups excluding carboxylic acids is 2. The molecular weight excluding hydrogens is 352 g/mol. The fourth-order valence-corrected chi connectivity index (χ4v) is 3.51. The van der Waals surface area contributed by atoms with Crippen LogP contribution in [-0.2, 0) is 16.1 Å². The van der Waals surface area contributed by atoms with Crippen molar-refractivity contribution in [1.29, 1.82) is 0 Å². The van der Waals surface area contributed by atoms with Crippen LogP contribution in [0.15, 0.2) is 36.7 Å². The summed E-state index contributed by atoms with van der Waals surface area (Å²) in [4.78, 5) is 32.7. The van der Waals surface area contributed by atoms with Crippen molar-refractivity contribution in [1.82, 2.24) is 14.5 Å². The molecule has 6 nitrogen and oxygen atoms in total. The van der Waals surface area contributed by atoms with Gasteiger partial charge >= 0.3 is 0 Å². The third-order valence-corrected chi connectivity index (χ3v) is 5.08. The van der Waals surface area contributed by atoms with Gasteiger partial charge in [0.25, 0.3) is 0 Å². The Labute approximate surface area is 158 Å². The minimum absolute atomic E-state index is 0.0161. The van der Waals surface area contributed by atoms with Crippen molar-refractivity contribution in [2.45, 2.75) is 39.3 Å². The Hall–Kier alpha value is -2.34. The van der Waals surface area contributed by atoms with E-state index in [0.717, 1.165) is 18.8 Å². The third-order valence-electron chi connectivity index (χ3n) is 4.76. The molecule has 1 aliphatic rings. The molecule has 0 spiro atoms. The molecule has 2 amide bonds. The van der Waals surface area contributed by atoms with Gasteiger partial charge in [0.05, 0.1) is 10.7 Å². The summed E-state index contributed by atoms with van der Waals surface area (Å²) in [5, 5.41) is 0.545. The van der Waals surface area contributed by atoms with Crippen LogP contribution < -0.4 is 4.90 Å². The number of aromatic nitrogens is 2. The summed E-state index contributed by atoms with van der Waals surface area (Å²) in [7, 11) is 0. The first-order valence-electron chi connectivity index (χ1n) is 8.79. The molecule has 138 valence electrons. The number of imidazole rings is 1. The van der Waals surface area contributed by atoms with Gasteiger partial charge in [0.2, 0.25) is 11.8 Å². The number of rotatable bonds is 5. The number of nitrogens with zero attached hydrogens (tertiary/aromatic N) is 4. The molecule has 0 radical (unpaired) electrons. The van der Waals surface area contributed by atoms with Crippen LogP contribution in [0.3, 0.4) is 0 Å². The number of piperazine rings is 1. The lowest BCUT2D eigenvalue weighted by atomic mass is 10.1. The molecule has 0 saturated carbocycles. The number of para-hydroxylation sites is 1. The standard InChI is InChI=1S/C19H23ClN4O2/c1-14-12-24(17-7-4-3-6-16(17)20)19(26)13-23(14)18(25)8-5-10-22-11-9-21-15(22)2/h3-4,6-7,9,11,14H,5,8,10,12-13H2,1-2H3/t14-/m0/s1. The van der Waals surface area contributed by atoms with Gasteiger partial charge in [-0.1, -0.05) is 23.7 Å². The first kappa shape index (κ1) is 18.5. The average Bonchev–Trinajstić information content (AvgIpc) is 3.02. The van der Waals surface area contributed by atoms with Gasteiger partial charge in [0.1, 0.15) is 12.4 Å². The van der Waals surface area contributed by atoms with Crippen molar-refractivity contribution >= 4 is 29.1 Å². The quantitative estimate of drug-likeness (QED) is 0.808. The van der Waals surface area contributed by atoms with Gasteiger partial charge < -0.3 is 14.4 Å². The Kier molecular flexibility index (Phi) is 5.61. The minimum Gasteiger partial charge on any atom is -0.335 e. The molecule has 1 aliphatic heterocycles. The summed E-state index contributed by atoms with van der Waals surface area (Å²) in [5.74, 6) is 0.853. The number of amides is 2. The van der Waals surface area contributed by atoms with Crippen molar-refractivity contribution in [2.75, 3.05) is 18.0 Å². The molecule has 1 saturated heterocycles. The van der Waals surface area contributed by atoms with E-state index in [1.54, 1.807) is 22.1 Å². The van der Waals surface area contributed by atoms with Gasteiger partial charge in [-0.05, 0) is 32.4 Å². The van der Waals surface area contributed by atoms with Crippen LogP contribution in [0.4, 0.5) is 5.69 Å². The zero-order chi connectivity index (χ0) is 18.7. The van der Waals surface area contributed by atoms with Crippen molar-refractivity contribution in [3.8, 4) is 0 Å². The maximum Gasteiger partial charge on any atom is 0.246 e. The SMILES string of the molecule is Cc1nccn1CCCC(=O)N1CC(=O)N(c2ccccc2Cl)C[C@@H]1C. The molecule has 26 heavy (non-hydrogen) atoms. The van der Waals surface area contributed by atoms with E-state index >= 15 is 0 Å². The Morgan fingerprint density at radius 1 is 1.35 bits per heavy atom. The minimum atomic E-state index is -0.102. The number of anilines is 1. The molecule has 0 N–H and O–H groups in total. The molecule has 1 fully saturated rings. The van der Waals surface area contributed by atoms with Gasteiger partial charge in [0, 0.05) is 37.9 Å². The largest absolute Gasteiger partial charge is 0.335 e. The number of carbonyl (C=O) groups is 2. The van der Waals surface area contributed by atoms with Crippen LogP contribution in [0.25, 0.3) is 0 Å². The summed E-state index contributed by atoms with van der Waals surface area (Å²) in [5.41, 5.74) is 0.702. The third kappa shape index (κ3) is 3.90. The Morgan fingerprint density at radius 2 is 2.12 bits per heavy atom. The van der Waals surface area contributed by atoms with Crippen LogP contribution in [0.5, 0.6) is 0 Å². The second-order valence-corrected chi connectivity index (χ2v) is 7.01. The van der Waals surface area contributed by atoms with Crippen LogP contribution in [0.1, 0.15) is 25.6 Å². The summed E-state index contributed by atoms with van der Waals surface area (Å²) in [6, 6.07) is 7.24. The molecule has 3 rings (SSSR count). The highest BCUT2D eigenvalue weighted by atomic mass is 35.5. The van der Waals surface area contributed by atoms with Gasteiger partial charge in [-0.2, -0.15) is 0 Å². The lowest BCUT2D eigenvalue weighted by Gasteiger charge is -2.39. The molecule has 0 bridgehead atoms. The number of hydrogen-bond donors (Lipinski definition) is 0. The van der Waals surface area contributed by atoms with E-state index in [9.17, 15) is 9.59 Å². The summed E-state index contributed by atoms with van der Waals surface area (Å²) >= 11 is 6.22. The molecule has 1 aromatic heterocycles. The Balaban J connectivity index is 1.58. The fraction of sp³-hybridized carbons (Fsp3) is 0.421. The number of halogens is 1. The molecule has 0 aliphatic carbocycles. The fourth-order valence-electron chi connectivity index (χ4n) is 3.27. The van der Waals surface area contributed by atoms with E-state index in [2.05, 4.69) is 4.98 Å². The second kappa shape index (κ2) is 7.91. The van der Waals surface area contributed by atoms with Crippen LogP contribution in [-0.4, -0.2) is 45.4 Å². The maximum atomic E-state index is 12.6. The molecule has 2 heterocycles. The van der Waals surface area contributed by atoms with Gasteiger partial charge in [-0.3, -0.25) is 9.59 Å². The van der Waals surface area contributed by atoms with Gasteiger partial charge in [-0.15, -0.1) is 0 Å². The maximum absolute atomic E-state index is 12.6. The van der Waals surface area contributed by atoms with Crippen LogP contribution in [0.2, 0.25) is 5.02 Å². The van der Waals surface area contributed by atoms with Crippen LogP contribution in [0, 0.1) is 6.92 Å². The van der Waals surface area contributed by atoms with Crippen molar-refractivity contribution < 1.29 is 9.59 Å². The number of aryl methyl sites for hydroxylation is 2. The predicted molar refractivity (Wildman–Crippen MR) is 101 cm³/mol. The molecule has 0 unspecified atom stereocenters. The highest BCUT2D eigenvalue weighted by Crippen LogP contribution is 2.28. The van der Waals surface area contributed by atoms with Crippen molar-refractivity contribution in [3.63, 3.8) is 0 Å². The van der Waals surface area contributed by atoms with E-state index in [1.165, 1.54) is 0 Å². The molecule has 1 atom stereocenters. The zero-order valence-electron chi connectivity index (χ0n) is 15.1. The summed E-state index contributed by atoms with van der Waals surface area (Å²) in [6.45, 7) is 5.20. The Bertz CT molecular complexity index is 804. The van der Waals surface area contributed by atoms with E-state index in [4.69, 9.17) is 11.6 Å². The van der Waals surface area contributed by atoms with Crippen molar-refractivity contribution in [3.05, 3.63) is 47.5 Å². The lowest BCUT2D eigenvalue weighted by molar-refractivity contribution is -0.139. The lowest BCUT2D eigenvalue weighted by Crippen LogP contribution is -2.57. The molecular formula is C19H23ClN4O2. The zero-order valence-corrected chi connectivity index (χ0v) is 15.8. The van der Waals surface area contributed by atoms with E-state index in [-0.39, 0.29) is 24.4 Å². The first-order chi connectivity index (χ1) is 12.5. The summed E-state index contributed by atoms with van der Waals surface area (Å²) < 4.78 is 2.03. The van der Waals surface area contributed by atoms with Crippen LogP contribution >= 0.6 is 11.6 Å². The predicted octanol–water partition coefficient (Wildman–Crippen LogP) is 2.89.